The molecule has 0 amide bonds. The van der Waals surface area contributed by atoms with Crippen LogP contribution in [0.2, 0.25) is 0 Å². The van der Waals surface area contributed by atoms with Crippen LogP contribution in [0.15, 0.2) is 53.4 Å². The van der Waals surface area contributed by atoms with Gasteiger partial charge in [-0.05, 0) is 68.0 Å². The molecule has 2 heterocycles. The maximum Gasteiger partial charge on any atom is 0.181 e. The van der Waals surface area contributed by atoms with Gasteiger partial charge in [-0.25, -0.2) is 0 Å². The van der Waals surface area contributed by atoms with Crippen molar-refractivity contribution < 1.29 is 4.55 Å². The molecule has 0 saturated carbocycles. The minimum Gasteiger partial charge on any atom is -0.610 e. The average Bonchev–Trinajstić information content (AvgIpc) is 3.03. The number of nitrogens with one attached hydrogen (secondary N) is 1. The summed E-state index contributed by atoms with van der Waals surface area (Å²) in [6.07, 6.45) is 4.87. The van der Waals surface area contributed by atoms with Crippen LogP contribution in [0.3, 0.4) is 0 Å². The van der Waals surface area contributed by atoms with Gasteiger partial charge in [-0.1, -0.05) is 36.4 Å². The summed E-state index contributed by atoms with van der Waals surface area (Å²) in [5.41, 5.74) is 3.83. The largest absolute Gasteiger partial charge is 0.610 e. The van der Waals surface area contributed by atoms with Crippen LogP contribution >= 0.6 is 0 Å². The van der Waals surface area contributed by atoms with Crippen LogP contribution in [0, 0.1) is 5.92 Å². The molecular formula is C21H26N2OS. The number of piperidine rings is 1. The number of fused-ring (bicyclic) bond motifs is 1. The molecule has 1 fully saturated rings. The molecule has 0 spiro atoms. The first-order chi connectivity index (χ1) is 12.3. The van der Waals surface area contributed by atoms with E-state index in [-0.39, 0.29) is 0 Å². The van der Waals surface area contributed by atoms with E-state index < -0.39 is 11.2 Å². The summed E-state index contributed by atoms with van der Waals surface area (Å²) in [5, 5.41) is 3.20. The number of benzene rings is 2. The van der Waals surface area contributed by atoms with Crippen LogP contribution in [0.5, 0.6) is 0 Å². The van der Waals surface area contributed by atoms with E-state index in [1.54, 1.807) is 0 Å². The quantitative estimate of drug-likeness (QED) is 0.833. The number of hydrogen-bond donors (Lipinski definition) is 1. The summed E-state index contributed by atoms with van der Waals surface area (Å²) in [6, 6.07) is 17.3. The zero-order valence-corrected chi connectivity index (χ0v) is 15.4. The third kappa shape index (κ3) is 4.20. The van der Waals surface area contributed by atoms with Crippen molar-refractivity contribution in [1.82, 2.24) is 4.90 Å². The Kier molecular flexibility index (Phi) is 5.30. The Morgan fingerprint density at radius 1 is 1.04 bits per heavy atom. The average molecular weight is 355 g/mol. The fourth-order valence-corrected chi connectivity index (χ4v) is 5.04. The van der Waals surface area contributed by atoms with Crippen molar-refractivity contribution in [3.05, 3.63) is 59.7 Å². The van der Waals surface area contributed by atoms with Gasteiger partial charge in [-0.15, -0.1) is 0 Å². The second-order valence-corrected chi connectivity index (χ2v) is 8.64. The highest BCUT2D eigenvalue weighted by Gasteiger charge is 2.24. The molecule has 2 aromatic carbocycles. The van der Waals surface area contributed by atoms with Gasteiger partial charge < -0.3 is 14.8 Å². The number of likely N-dealkylation sites (tertiary alicyclic amines) is 1. The van der Waals surface area contributed by atoms with E-state index in [0.717, 1.165) is 29.5 Å². The van der Waals surface area contributed by atoms with Crippen LogP contribution < -0.4 is 5.32 Å². The summed E-state index contributed by atoms with van der Waals surface area (Å²) in [6.45, 7) is 3.52. The number of nitrogens with zero attached hydrogens (tertiary/aromatic N) is 1. The van der Waals surface area contributed by atoms with Crippen molar-refractivity contribution in [1.29, 1.82) is 0 Å². The lowest BCUT2D eigenvalue weighted by Crippen LogP contribution is -2.35. The van der Waals surface area contributed by atoms with Crippen molar-refractivity contribution in [2.75, 3.05) is 30.8 Å². The normalized spacial score (nSPS) is 21.1. The Hall–Kier alpha value is -1.49. The highest BCUT2D eigenvalue weighted by atomic mass is 32.2. The number of rotatable bonds is 5. The molecule has 4 heteroatoms. The molecule has 132 valence electrons. The van der Waals surface area contributed by atoms with Crippen molar-refractivity contribution in [3.8, 4) is 0 Å². The first kappa shape index (κ1) is 17.0. The predicted octanol–water partition coefficient (Wildman–Crippen LogP) is 3.67. The van der Waals surface area contributed by atoms with E-state index in [0.29, 0.717) is 5.88 Å². The minimum atomic E-state index is -0.865. The summed E-state index contributed by atoms with van der Waals surface area (Å²) in [5.74, 6) is 1.39. The van der Waals surface area contributed by atoms with E-state index in [1.807, 2.05) is 0 Å². The van der Waals surface area contributed by atoms with E-state index in [1.165, 1.54) is 43.5 Å². The van der Waals surface area contributed by atoms with Crippen LogP contribution in [0.4, 0.5) is 5.69 Å². The summed E-state index contributed by atoms with van der Waals surface area (Å²) >= 11 is -0.865. The molecule has 2 aromatic rings. The van der Waals surface area contributed by atoms with Crippen molar-refractivity contribution >= 4 is 16.9 Å². The lowest BCUT2D eigenvalue weighted by molar-refractivity contribution is 0.186. The Morgan fingerprint density at radius 2 is 1.84 bits per heavy atom. The molecule has 0 aliphatic carbocycles. The molecule has 3 nitrogen and oxygen atoms in total. The van der Waals surface area contributed by atoms with Crippen molar-refractivity contribution in [2.45, 2.75) is 30.6 Å². The Bertz CT molecular complexity index is 698. The SMILES string of the molecule is [O-][S+]1CNc2ccc(CCN3CCC(Cc4ccccc4)CC3)cc21. The fraction of sp³-hybridized carbons (Fsp3) is 0.429. The second-order valence-electron chi connectivity index (χ2n) is 7.22. The molecule has 1 atom stereocenters. The molecule has 1 N–H and O–H groups in total. The maximum atomic E-state index is 11.9. The Labute approximate surface area is 153 Å². The third-order valence-corrected chi connectivity index (χ3v) is 6.71. The molecule has 2 aliphatic heterocycles. The van der Waals surface area contributed by atoms with Gasteiger partial charge >= 0.3 is 0 Å². The molecule has 4 rings (SSSR count). The zero-order chi connectivity index (χ0) is 17.1. The molecular weight excluding hydrogens is 328 g/mol. The number of hydrogen-bond acceptors (Lipinski definition) is 3. The lowest BCUT2D eigenvalue weighted by Gasteiger charge is -2.32. The van der Waals surface area contributed by atoms with E-state index in [4.69, 9.17) is 0 Å². The summed E-state index contributed by atoms with van der Waals surface area (Å²) in [7, 11) is 0. The van der Waals surface area contributed by atoms with Crippen LogP contribution in [-0.2, 0) is 24.0 Å². The van der Waals surface area contributed by atoms with Gasteiger partial charge in [0.15, 0.2) is 10.8 Å². The smallest absolute Gasteiger partial charge is 0.181 e. The minimum absolute atomic E-state index is 0.563. The maximum absolute atomic E-state index is 11.9. The molecule has 1 saturated heterocycles. The van der Waals surface area contributed by atoms with Gasteiger partial charge in [-0.2, -0.15) is 0 Å². The monoisotopic (exact) mass is 354 g/mol. The predicted molar refractivity (Wildman–Crippen MR) is 104 cm³/mol. The molecule has 0 aromatic heterocycles. The standard InChI is InChI=1S/C21H26N2OS/c24-25-16-22-20-7-6-18(15-21(20)25)8-11-23-12-9-19(10-13-23)14-17-4-2-1-3-5-17/h1-7,15,19,22H,8-14,16H2. The first-order valence-electron chi connectivity index (χ1n) is 9.29. The molecule has 25 heavy (non-hydrogen) atoms. The van der Waals surface area contributed by atoms with Gasteiger partial charge in [0.05, 0.1) is 5.69 Å². The van der Waals surface area contributed by atoms with Crippen LogP contribution in [-0.4, -0.2) is 35.0 Å². The lowest BCUT2D eigenvalue weighted by atomic mass is 9.90. The van der Waals surface area contributed by atoms with Crippen LogP contribution in [0.25, 0.3) is 0 Å². The van der Waals surface area contributed by atoms with Crippen LogP contribution in [0.1, 0.15) is 24.0 Å². The number of anilines is 1. The van der Waals surface area contributed by atoms with Gasteiger partial charge in [0.2, 0.25) is 0 Å². The fourth-order valence-electron chi connectivity index (χ4n) is 3.93. The van der Waals surface area contributed by atoms with Gasteiger partial charge in [-0.3, -0.25) is 0 Å². The van der Waals surface area contributed by atoms with E-state index >= 15 is 0 Å². The highest BCUT2D eigenvalue weighted by molar-refractivity contribution is 7.92. The summed E-state index contributed by atoms with van der Waals surface area (Å²) in [4.78, 5) is 3.57. The van der Waals surface area contributed by atoms with Crippen molar-refractivity contribution in [2.24, 2.45) is 5.92 Å². The van der Waals surface area contributed by atoms with E-state index in [9.17, 15) is 4.55 Å². The van der Waals surface area contributed by atoms with Crippen molar-refractivity contribution in [3.63, 3.8) is 0 Å². The summed E-state index contributed by atoms with van der Waals surface area (Å²) < 4.78 is 11.9. The van der Waals surface area contributed by atoms with Gasteiger partial charge in [0.1, 0.15) is 0 Å². The van der Waals surface area contributed by atoms with E-state index in [2.05, 4.69) is 58.7 Å². The highest BCUT2D eigenvalue weighted by Crippen LogP contribution is 2.29. The first-order valence-corrected chi connectivity index (χ1v) is 10.6. The Morgan fingerprint density at radius 3 is 2.64 bits per heavy atom. The third-order valence-electron chi connectivity index (χ3n) is 5.48. The molecule has 0 bridgehead atoms. The molecule has 0 radical (unpaired) electrons. The zero-order valence-electron chi connectivity index (χ0n) is 14.6. The molecule has 2 aliphatic rings. The Balaban J connectivity index is 1.25. The van der Waals surface area contributed by atoms with Gasteiger partial charge in [0, 0.05) is 17.7 Å². The van der Waals surface area contributed by atoms with Gasteiger partial charge in [0.25, 0.3) is 0 Å². The second kappa shape index (κ2) is 7.81. The molecule has 1 unspecified atom stereocenters. The topological polar surface area (TPSA) is 38.3 Å².